The van der Waals surface area contributed by atoms with Gasteiger partial charge in [0, 0.05) is 17.3 Å². The molecule has 3 rings (SSSR count). The number of rotatable bonds is 6. The Balaban J connectivity index is 1.59. The monoisotopic (exact) mass is 379 g/mol. The van der Waals surface area contributed by atoms with Crippen molar-refractivity contribution < 1.29 is 9.59 Å². The number of amides is 2. The van der Waals surface area contributed by atoms with E-state index in [0.29, 0.717) is 17.3 Å². The van der Waals surface area contributed by atoms with Gasteiger partial charge in [-0.15, -0.1) is 0 Å². The number of halogens is 1. The molecule has 2 amide bonds. The molecule has 0 fully saturated rings. The summed E-state index contributed by atoms with van der Waals surface area (Å²) in [5.74, 6) is -0.705. The highest BCUT2D eigenvalue weighted by Crippen LogP contribution is 2.14. The van der Waals surface area contributed by atoms with Crippen molar-refractivity contribution in [3.8, 4) is 0 Å². The van der Waals surface area contributed by atoms with Crippen molar-refractivity contribution in [2.45, 2.75) is 6.42 Å². The molecule has 1 heterocycles. The lowest BCUT2D eigenvalue weighted by Crippen LogP contribution is -2.27. The summed E-state index contributed by atoms with van der Waals surface area (Å²) in [5, 5.41) is 6.13. The fraction of sp³-hybridized carbons (Fsp3) is 0.0952. The van der Waals surface area contributed by atoms with Crippen molar-refractivity contribution >= 4 is 29.1 Å². The highest BCUT2D eigenvalue weighted by atomic mass is 35.5. The van der Waals surface area contributed by atoms with E-state index in [0.717, 1.165) is 12.0 Å². The Labute approximate surface area is 162 Å². The minimum Gasteiger partial charge on any atom is -0.350 e. The number of pyridine rings is 1. The Bertz CT molecular complexity index is 928. The molecule has 0 spiro atoms. The summed E-state index contributed by atoms with van der Waals surface area (Å²) < 4.78 is 0. The van der Waals surface area contributed by atoms with E-state index in [-0.39, 0.29) is 17.3 Å². The number of nitrogens with one attached hydrogen (secondary N) is 2. The maximum Gasteiger partial charge on any atom is 0.274 e. The predicted octanol–water partition coefficient (Wildman–Crippen LogP) is 3.96. The number of carbonyl (C=O) groups excluding carboxylic acids is 2. The van der Waals surface area contributed by atoms with Crippen LogP contribution in [0, 0.1) is 0 Å². The summed E-state index contributed by atoms with van der Waals surface area (Å²) in [6, 6.07) is 21.4. The van der Waals surface area contributed by atoms with Crippen molar-refractivity contribution in [3.05, 3.63) is 94.8 Å². The van der Waals surface area contributed by atoms with Crippen LogP contribution < -0.4 is 10.6 Å². The summed E-state index contributed by atoms with van der Waals surface area (Å²) in [5.41, 5.74) is 2.11. The largest absolute Gasteiger partial charge is 0.350 e. The zero-order chi connectivity index (χ0) is 19.1. The van der Waals surface area contributed by atoms with Crippen LogP contribution >= 0.6 is 11.6 Å². The minimum absolute atomic E-state index is 0.167. The molecule has 0 atom stereocenters. The van der Waals surface area contributed by atoms with Crippen LogP contribution in [-0.4, -0.2) is 23.3 Å². The first-order chi connectivity index (χ1) is 13.1. The molecule has 0 bridgehead atoms. The maximum atomic E-state index is 12.3. The molecular formula is C21H18ClN3O2. The van der Waals surface area contributed by atoms with E-state index in [4.69, 9.17) is 11.6 Å². The second-order valence-electron chi connectivity index (χ2n) is 5.86. The summed E-state index contributed by atoms with van der Waals surface area (Å²) in [4.78, 5) is 28.8. The second kappa shape index (κ2) is 8.96. The van der Waals surface area contributed by atoms with E-state index in [1.54, 1.807) is 42.5 Å². The van der Waals surface area contributed by atoms with Gasteiger partial charge in [-0.2, -0.15) is 0 Å². The summed E-state index contributed by atoms with van der Waals surface area (Å²) in [6.07, 6.45) is 0.726. The van der Waals surface area contributed by atoms with Crippen molar-refractivity contribution in [3.63, 3.8) is 0 Å². The Hall–Kier alpha value is -3.18. The first kappa shape index (κ1) is 18.6. The first-order valence-electron chi connectivity index (χ1n) is 8.48. The van der Waals surface area contributed by atoms with E-state index < -0.39 is 5.91 Å². The molecule has 0 aliphatic heterocycles. The number of hydrogen-bond acceptors (Lipinski definition) is 3. The Kier molecular flexibility index (Phi) is 6.18. The minimum atomic E-state index is -0.392. The Morgan fingerprint density at radius 3 is 2.19 bits per heavy atom. The molecule has 2 aromatic carbocycles. The standard InChI is InChI=1S/C21H18ClN3O2/c22-16-9-11-17(12-10-16)24-21(27)19-8-4-7-18(25-19)20(26)23-14-13-15-5-2-1-3-6-15/h1-12H,13-14H2,(H,23,26)(H,24,27). The van der Waals surface area contributed by atoms with Gasteiger partial charge >= 0.3 is 0 Å². The number of aromatic nitrogens is 1. The van der Waals surface area contributed by atoms with Crippen LogP contribution in [0.5, 0.6) is 0 Å². The second-order valence-corrected chi connectivity index (χ2v) is 6.30. The molecule has 5 nitrogen and oxygen atoms in total. The van der Waals surface area contributed by atoms with Gasteiger partial charge in [0.1, 0.15) is 11.4 Å². The topological polar surface area (TPSA) is 71.1 Å². The Morgan fingerprint density at radius 1 is 0.815 bits per heavy atom. The lowest BCUT2D eigenvalue weighted by Gasteiger charge is -2.07. The molecule has 0 saturated carbocycles. The SMILES string of the molecule is O=C(NCCc1ccccc1)c1cccc(C(=O)Nc2ccc(Cl)cc2)n1. The van der Waals surface area contributed by atoms with Crippen LogP contribution in [0.1, 0.15) is 26.5 Å². The van der Waals surface area contributed by atoms with Gasteiger partial charge in [0.2, 0.25) is 0 Å². The van der Waals surface area contributed by atoms with Gasteiger partial charge in [0.15, 0.2) is 0 Å². The molecule has 0 aliphatic carbocycles. The molecule has 0 unspecified atom stereocenters. The maximum absolute atomic E-state index is 12.3. The average molecular weight is 380 g/mol. The molecule has 0 aliphatic rings. The molecule has 3 aromatic rings. The average Bonchev–Trinajstić information content (AvgIpc) is 2.70. The molecule has 27 heavy (non-hydrogen) atoms. The molecule has 1 aromatic heterocycles. The van der Waals surface area contributed by atoms with Gasteiger partial charge in [0.25, 0.3) is 11.8 Å². The van der Waals surface area contributed by atoms with E-state index in [1.165, 1.54) is 0 Å². The zero-order valence-corrected chi connectivity index (χ0v) is 15.2. The number of hydrogen-bond donors (Lipinski definition) is 2. The third kappa shape index (κ3) is 5.39. The van der Waals surface area contributed by atoms with Crippen LogP contribution in [0.15, 0.2) is 72.8 Å². The van der Waals surface area contributed by atoms with E-state index in [1.807, 2.05) is 30.3 Å². The molecule has 0 saturated heterocycles. The number of nitrogens with zero attached hydrogens (tertiary/aromatic N) is 1. The van der Waals surface area contributed by atoms with E-state index >= 15 is 0 Å². The normalized spacial score (nSPS) is 10.3. The van der Waals surface area contributed by atoms with Crippen molar-refractivity contribution in [1.82, 2.24) is 10.3 Å². The van der Waals surface area contributed by atoms with Crippen molar-refractivity contribution in [2.24, 2.45) is 0 Å². The number of benzene rings is 2. The third-order valence-electron chi connectivity index (χ3n) is 3.86. The summed E-state index contributed by atoms with van der Waals surface area (Å²) >= 11 is 5.83. The van der Waals surface area contributed by atoms with Gasteiger partial charge in [0.05, 0.1) is 0 Å². The van der Waals surface area contributed by atoms with Gasteiger partial charge in [-0.1, -0.05) is 48.0 Å². The van der Waals surface area contributed by atoms with Crippen molar-refractivity contribution in [1.29, 1.82) is 0 Å². The van der Waals surface area contributed by atoms with Crippen LogP contribution in [-0.2, 0) is 6.42 Å². The van der Waals surface area contributed by atoms with Gasteiger partial charge < -0.3 is 10.6 Å². The fourth-order valence-electron chi connectivity index (χ4n) is 2.47. The Morgan fingerprint density at radius 2 is 1.48 bits per heavy atom. The van der Waals surface area contributed by atoms with Crippen LogP contribution in [0.25, 0.3) is 0 Å². The molecule has 0 radical (unpaired) electrons. The van der Waals surface area contributed by atoms with Gasteiger partial charge in [-0.25, -0.2) is 4.98 Å². The first-order valence-corrected chi connectivity index (χ1v) is 8.86. The van der Waals surface area contributed by atoms with Crippen LogP contribution in [0.2, 0.25) is 5.02 Å². The summed E-state index contributed by atoms with van der Waals surface area (Å²) in [7, 11) is 0. The zero-order valence-electron chi connectivity index (χ0n) is 14.5. The lowest BCUT2D eigenvalue weighted by atomic mass is 10.1. The molecule has 6 heteroatoms. The van der Waals surface area contributed by atoms with Gasteiger partial charge in [-0.3, -0.25) is 9.59 Å². The highest BCUT2D eigenvalue weighted by Gasteiger charge is 2.12. The highest BCUT2D eigenvalue weighted by molar-refractivity contribution is 6.30. The van der Waals surface area contributed by atoms with E-state index in [9.17, 15) is 9.59 Å². The van der Waals surface area contributed by atoms with Gasteiger partial charge in [-0.05, 0) is 48.4 Å². The summed E-state index contributed by atoms with van der Waals surface area (Å²) in [6.45, 7) is 0.492. The van der Waals surface area contributed by atoms with Crippen LogP contribution in [0.3, 0.4) is 0 Å². The smallest absolute Gasteiger partial charge is 0.274 e. The van der Waals surface area contributed by atoms with Crippen LogP contribution in [0.4, 0.5) is 5.69 Å². The quantitative estimate of drug-likeness (QED) is 0.681. The molecular weight excluding hydrogens is 362 g/mol. The molecule has 136 valence electrons. The predicted molar refractivity (Wildman–Crippen MR) is 106 cm³/mol. The number of anilines is 1. The number of carbonyl (C=O) groups is 2. The lowest BCUT2D eigenvalue weighted by molar-refractivity contribution is 0.0949. The van der Waals surface area contributed by atoms with Crippen molar-refractivity contribution in [2.75, 3.05) is 11.9 Å². The third-order valence-corrected chi connectivity index (χ3v) is 4.11. The fourth-order valence-corrected chi connectivity index (χ4v) is 2.60. The van der Waals surface area contributed by atoms with E-state index in [2.05, 4.69) is 15.6 Å². The molecule has 2 N–H and O–H groups in total.